The van der Waals surface area contributed by atoms with Crippen molar-refractivity contribution in [1.82, 2.24) is 5.43 Å². The SMILES string of the molecule is CC1=CC=C(C2(NN=N)CC2)C(C)C1C. The lowest BCUT2D eigenvalue weighted by molar-refractivity contribution is 0.422. The van der Waals surface area contributed by atoms with E-state index in [-0.39, 0.29) is 5.54 Å². The highest BCUT2D eigenvalue weighted by Gasteiger charge is 2.49. The van der Waals surface area contributed by atoms with Crippen LogP contribution < -0.4 is 5.43 Å². The van der Waals surface area contributed by atoms with Gasteiger partial charge in [-0.05, 0) is 37.2 Å². The van der Waals surface area contributed by atoms with Crippen LogP contribution in [0.15, 0.2) is 28.5 Å². The van der Waals surface area contributed by atoms with E-state index in [4.69, 9.17) is 5.53 Å². The number of nitrogens with one attached hydrogen (secondary N) is 2. The van der Waals surface area contributed by atoms with Crippen molar-refractivity contribution < 1.29 is 0 Å². The van der Waals surface area contributed by atoms with Gasteiger partial charge in [0.1, 0.15) is 0 Å². The molecular formula is C12H19N3. The summed E-state index contributed by atoms with van der Waals surface area (Å²) in [6.45, 7) is 6.74. The van der Waals surface area contributed by atoms with Crippen LogP contribution in [0, 0.1) is 17.4 Å². The Hall–Kier alpha value is -1.12. The van der Waals surface area contributed by atoms with Crippen LogP contribution in [0.25, 0.3) is 0 Å². The Morgan fingerprint density at radius 2 is 2.00 bits per heavy atom. The molecule has 1 saturated carbocycles. The zero-order valence-electron chi connectivity index (χ0n) is 9.67. The average molecular weight is 205 g/mol. The molecule has 82 valence electrons. The first-order valence-electron chi connectivity index (χ1n) is 5.63. The Labute approximate surface area is 91.1 Å². The molecule has 0 heterocycles. The van der Waals surface area contributed by atoms with Crippen molar-refractivity contribution in [3.05, 3.63) is 23.3 Å². The number of hydrogen-bond acceptors (Lipinski definition) is 2. The van der Waals surface area contributed by atoms with E-state index in [1.807, 2.05) is 0 Å². The van der Waals surface area contributed by atoms with Gasteiger partial charge in [-0.3, -0.25) is 5.43 Å². The van der Waals surface area contributed by atoms with Crippen LogP contribution in [0.3, 0.4) is 0 Å². The van der Waals surface area contributed by atoms with E-state index < -0.39 is 0 Å². The molecule has 1 fully saturated rings. The topological polar surface area (TPSA) is 48.2 Å². The summed E-state index contributed by atoms with van der Waals surface area (Å²) in [6.07, 6.45) is 6.67. The number of nitrogens with zero attached hydrogens (tertiary/aromatic N) is 1. The summed E-state index contributed by atoms with van der Waals surface area (Å²) in [5, 5.41) is 3.36. The Kier molecular flexibility index (Phi) is 2.41. The molecule has 0 aliphatic heterocycles. The summed E-state index contributed by atoms with van der Waals surface area (Å²) in [6, 6.07) is 0. The molecule has 3 heteroatoms. The second kappa shape index (κ2) is 3.47. The van der Waals surface area contributed by atoms with Crippen LogP contribution in [0.4, 0.5) is 0 Å². The van der Waals surface area contributed by atoms with E-state index >= 15 is 0 Å². The van der Waals surface area contributed by atoms with Crippen molar-refractivity contribution in [2.75, 3.05) is 0 Å². The fourth-order valence-corrected chi connectivity index (χ4v) is 2.48. The molecule has 0 amide bonds. The predicted molar refractivity (Wildman–Crippen MR) is 60.4 cm³/mol. The van der Waals surface area contributed by atoms with Crippen molar-refractivity contribution in [3.8, 4) is 0 Å². The van der Waals surface area contributed by atoms with Gasteiger partial charge >= 0.3 is 0 Å². The van der Waals surface area contributed by atoms with Crippen molar-refractivity contribution in [3.63, 3.8) is 0 Å². The van der Waals surface area contributed by atoms with E-state index in [9.17, 15) is 0 Å². The molecule has 0 radical (unpaired) electrons. The molecule has 0 aromatic carbocycles. The number of rotatable bonds is 3. The quantitative estimate of drug-likeness (QED) is 0.539. The molecule has 0 aromatic rings. The van der Waals surface area contributed by atoms with Crippen molar-refractivity contribution in [1.29, 1.82) is 5.53 Å². The highest BCUT2D eigenvalue weighted by molar-refractivity contribution is 5.38. The van der Waals surface area contributed by atoms with Gasteiger partial charge in [-0.1, -0.05) is 36.8 Å². The Bertz CT molecular complexity index is 337. The first-order chi connectivity index (χ1) is 7.10. The van der Waals surface area contributed by atoms with E-state index in [0.29, 0.717) is 11.8 Å². The Morgan fingerprint density at radius 3 is 2.53 bits per heavy atom. The lowest BCUT2D eigenvalue weighted by Crippen LogP contribution is -2.34. The fourth-order valence-electron chi connectivity index (χ4n) is 2.48. The van der Waals surface area contributed by atoms with E-state index in [1.54, 1.807) is 0 Å². The third kappa shape index (κ3) is 1.60. The van der Waals surface area contributed by atoms with Gasteiger partial charge in [0, 0.05) is 0 Å². The monoisotopic (exact) mass is 205 g/mol. The van der Waals surface area contributed by atoms with Crippen molar-refractivity contribution >= 4 is 0 Å². The van der Waals surface area contributed by atoms with Crippen LogP contribution in [-0.4, -0.2) is 5.54 Å². The normalized spacial score (nSPS) is 32.7. The summed E-state index contributed by atoms with van der Waals surface area (Å²) < 4.78 is 0. The minimum absolute atomic E-state index is 0.0205. The third-order valence-electron chi connectivity index (χ3n) is 4.06. The van der Waals surface area contributed by atoms with E-state index in [0.717, 1.165) is 12.8 Å². The minimum Gasteiger partial charge on any atom is -0.282 e. The molecule has 2 rings (SSSR count). The smallest absolute Gasteiger partial charge is 0.0782 e. The van der Waals surface area contributed by atoms with Gasteiger partial charge in [-0.15, -0.1) is 0 Å². The number of allylic oxidation sites excluding steroid dienone is 3. The van der Waals surface area contributed by atoms with Crippen LogP contribution in [0.5, 0.6) is 0 Å². The minimum atomic E-state index is 0.0205. The summed E-state index contributed by atoms with van der Waals surface area (Å²) in [5.41, 5.74) is 12.8. The van der Waals surface area contributed by atoms with Gasteiger partial charge in [0.05, 0.1) is 5.54 Å². The Balaban J connectivity index is 2.26. The molecule has 2 atom stereocenters. The highest BCUT2D eigenvalue weighted by atomic mass is 15.4. The molecule has 2 N–H and O–H groups in total. The lowest BCUT2D eigenvalue weighted by atomic mass is 9.76. The van der Waals surface area contributed by atoms with Crippen molar-refractivity contribution in [2.24, 2.45) is 17.1 Å². The summed E-state index contributed by atoms with van der Waals surface area (Å²) in [4.78, 5) is 0. The standard InChI is InChI=1S/C12H19N3/c1-8-4-5-11(10(3)9(8)2)12(6-7-12)14-15-13/h4-5,9-10H,6-7H2,1-3H3,(H2,13,14). The highest BCUT2D eigenvalue weighted by Crippen LogP contribution is 2.48. The second-order valence-electron chi connectivity index (χ2n) is 4.92. The average Bonchev–Trinajstić information content (AvgIpc) is 2.96. The lowest BCUT2D eigenvalue weighted by Gasteiger charge is -2.32. The van der Waals surface area contributed by atoms with Gasteiger partial charge in [-0.25, -0.2) is 0 Å². The maximum Gasteiger partial charge on any atom is 0.0782 e. The number of hydrogen-bond donors (Lipinski definition) is 2. The molecule has 0 spiro atoms. The molecule has 0 aromatic heterocycles. The Morgan fingerprint density at radius 1 is 1.33 bits per heavy atom. The van der Waals surface area contributed by atoms with Gasteiger partial charge < -0.3 is 0 Å². The maximum atomic E-state index is 6.94. The van der Waals surface area contributed by atoms with Crippen molar-refractivity contribution in [2.45, 2.75) is 39.2 Å². The van der Waals surface area contributed by atoms with Crippen LogP contribution in [0.2, 0.25) is 0 Å². The zero-order chi connectivity index (χ0) is 11.1. The van der Waals surface area contributed by atoms with E-state index in [1.165, 1.54) is 11.1 Å². The van der Waals surface area contributed by atoms with Crippen LogP contribution >= 0.6 is 0 Å². The van der Waals surface area contributed by atoms with Crippen LogP contribution in [-0.2, 0) is 0 Å². The molecule has 0 bridgehead atoms. The fraction of sp³-hybridized carbons (Fsp3) is 0.667. The molecule has 2 unspecified atom stereocenters. The molecule has 15 heavy (non-hydrogen) atoms. The van der Waals surface area contributed by atoms with Gasteiger partial charge in [-0.2, -0.15) is 5.53 Å². The van der Waals surface area contributed by atoms with Gasteiger partial charge in [0.2, 0.25) is 0 Å². The molecular weight excluding hydrogens is 186 g/mol. The molecule has 0 saturated heterocycles. The summed E-state index contributed by atoms with van der Waals surface area (Å²) in [5.74, 6) is 1.17. The maximum absolute atomic E-state index is 6.94. The second-order valence-corrected chi connectivity index (χ2v) is 4.92. The first kappa shape index (κ1) is 10.4. The molecule has 3 nitrogen and oxygen atoms in total. The largest absolute Gasteiger partial charge is 0.282 e. The predicted octanol–water partition coefficient (Wildman–Crippen LogP) is 3.21. The first-order valence-corrected chi connectivity index (χ1v) is 5.63. The van der Waals surface area contributed by atoms with Crippen LogP contribution in [0.1, 0.15) is 33.6 Å². The third-order valence-corrected chi connectivity index (χ3v) is 4.06. The summed E-state index contributed by atoms with van der Waals surface area (Å²) >= 11 is 0. The summed E-state index contributed by atoms with van der Waals surface area (Å²) in [7, 11) is 0. The van der Waals surface area contributed by atoms with E-state index in [2.05, 4.69) is 43.6 Å². The van der Waals surface area contributed by atoms with Gasteiger partial charge in [0.25, 0.3) is 0 Å². The van der Waals surface area contributed by atoms with Gasteiger partial charge in [0.15, 0.2) is 0 Å². The zero-order valence-corrected chi connectivity index (χ0v) is 9.67. The molecule has 2 aliphatic rings. The molecule has 2 aliphatic carbocycles.